The maximum atomic E-state index is 10.2. The summed E-state index contributed by atoms with van der Waals surface area (Å²) in [5.41, 5.74) is 0. The highest BCUT2D eigenvalue weighted by Gasteiger charge is 2.33. The molecule has 0 aromatic rings. The molecule has 0 aromatic carbocycles. The summed E-state index contributed by atoms with van der Waals surface area (Å²) in [7, 11) is 0. The van der Waals surface area contributed by atoms with Crippen molar-refractivity contribution in [1.82, 2.24) is 0 Å². The Bertz CT molecular complexity index is 276. The first-order chi connectivity index (χ1) is 5.54. The fraction of sp³-hybridized carbons (Fsp3) is 0. The number of aliphatic carboxylic acids is 1. The van der Waals surface area contributed by atoms with E-state index in [-0.39, 0.29) is 0 Å². The molecule has 0 aromatic heterocycles. The van der Waals surface area contributed by atoms with Gasteiger partial charge in [0.25, 0.3) is 0 Å². The minimum atomic E-state index is -1.54. The highest BCUT2D eigenvalue weighted by Crippen LogP contribution is 2.24. The van der Waals surface area contributed by atoms with Crippen LogP contribution in [-0.2, 0) is 9.53 Å². The molecule has 1 aliphatic rings. The van der Waals surface area contributed by atoms with Crippen LogP contribution in [0.25, 0.3) is 0 Å². The van der Waals surface area contributed by atoms with Gasteiger partial charge in [0.1, 0.15) is 6.26 Å². The summed E-state index contributed by atoms with van der Waals surface area (Å²) < 4.78 is 4.27. The Balaban J connectivity index is 2.98. The molecular formula is C6H5O6. The number of carbonyl (C=O) groups is 1. The van der Waals surface area contributed by atoms with Gasteiger partial charge in [-0.15, -0.1) is 0 Å². The lowest BCUT2D eigenvalue weighted by atomic mass is 10.2. The number of carboxylic acid groups (broad SMARTS) is 1. The number of rotatable bonds is 1. The van der Waals surface area contributed by atoms with Gasteiger partial charge in [-0.05, 0) is 0 Å². The molecule has 0 amide bonds. The van der Waals surface area contributed by atoms with E-state index in [0.717, 1.165) is 0 Å². The minimum Gasteiger partial charge on any atom is -0.504 e. The fourth-order valence-corrected chi connectivity index (χ4v) is 0.607. The quantitative estimate of drug-likeness (QED) is 0.456. The van der Waals surface area contributed by atoms with Crippen LogP contribution in [0.5, 0.6) is 0 Å². The molecule has 0 aliphatic carbocycles. The average molecular weight is 173 g/mol. The predicted octanol–water partition coefficient (Wildman–Crippen LogP) is 0.360. The molecule has 1 rings (SSSR count). The Morgan fingerprint density at radius 3 is 2.33 bits per heavy atom. The van der Waals surface area contributed by atoms with Crippen LogP contribution in [0.4, 0.5) is 0 Å². The fourth-order valence-electron chi connectivity index (χ4n) is 0.607. The van der Waals surface area contributed by atoms with Crippen molar-refractivity contribution in [3.05, 3.63) is 29.6 Å². The smallest absolute Gasteiger partial charge is 0.361 e. The second kappa shape index (κ2) is 2.65. The summed E-state index contributed by atoms with van der Waals surface area (Å²) in [5.74, 6) is -4.18. The van der Waals surface area contributed by atoms with Gasteiger partial charge >= 0.3 is 12.1 Å². The van der Waals surface area contributed by atoms with Crippen LogP contribution in [0, 0.1) is 6.10 Å². The molecule has 0 saturated heterocycles. The molecule has 1 radical (unpaired) electrons. The molecule has 0 unspecified atom stereocenters. The second-order valence-corrected chi connectivity index (χ2v) is 1.95. The van der Waals surface area contributed by atoms with Gasteiger partial charge in [-0.1, -0.05) is 0 Å². The molecule has 12 heavy (non-hydrogen) atoms. The highest BCUT2D eigenvalue weighted by molar-refractivity contribution is 5.85. The van der Waals surface area contributed by atoms with Crippen LogP contribution in [-0.4, -0.2) is 26.4 Å². The van der Waals surface area contributed by atoms with Crippen molar-refractivity contribution in [1.29, 1.82) is 0 Å². The molecule has 4 N–H and O–H groups in total. The number of carboxylic acids is 1. The van der Waals surface area contributed by atoms with Gasteiger partial charge in [0, 0.05) is 0 Å². The first kappa shape index (κ1) is 8.25. The van der Waals surface area contributed by atoms with E-state index in [2.05, 4.69) is 4.74 Å². The largest absolute Gasteiger partial charge is 0.504 e. The van der Waals surface area contributed by atoms with Crippen molar-refractivity contribution in [2.75, 3.05) is 0 Å². The molecule has 6 nitrogen and oxygen atoms in total. The summed E-state index contributed by atoms with van der Waals surface area (Å²) in [4.78, 5) is 10.2. The third-order valence-corrected chi connectivity index (χ3v) is 1.16. The first-order valence-electron chi connectivity index (χ1n) is 2.83. The van der Waals surface area contributed by atoms with Crippen LogP contribution in [0.1, 0.15) is 0 Å². The lowest BCUT2D eigenvalue weighted by Crippen LogP contribution is -2.20. The third kappa shape index (κ3) is 1.14. The molecule has 0 atom stereocenters. The Kier molecular flexibility index (Phi) is 1.82. The first-order valence-corrected chi connectivity index (χ1v) is 2.83. The van der Waals surface area contributed by atoms with Crippen LogP contribution in [0.3, 0.4) is 0 Å². The van der Waals surface area contributed by atoms with Crippen LogP contribution in [0.2, 0.25) is 0 Å². The van der Waals surface area contributed by atoms with Crippen molar-refractivity contribution in [3.8, 4) is 0 Å². The van der Waals surface area contributed by atoms with Gasteiger partial charge in [-0.25, -0.2) is 4.79 Å². The standard InChI is InChI=1S/C6H5O6/c7-2-1-12-5(6(10)11)4(9)3(2)8/h1,7-9H,(H,10,11). The molecule has 6 heteroatoms. The zero-order chi connectivity index (χ0) is 9.30. The SMILES string of the molecule is O=C(O)[C]1OC=C(O)C(O)=C1O. The summed E-state index contributed by atoms with van der Waals surface area (Å²) in [6.07, 6.45) is -0.219. The Labute approximate surface area is 66.6 Å². The molecular weight excluding hydrogens is 168 g/mol. The monoisotopic (exact) mass is 173 g/mol. The Morgan fingerprint density at radius 2 is 1.83 bits per heavy atom. The van der Waals surface area contributed by atoms with Crippen molar-refractivity contribution < 1.29 is 30.0 Å². The third-order valence-electron chi connectivity index (χ3n) is 1.16. The summed E-state index contributed by atoms with van der Waals surface area (Å²) >= 11 is 0. The topological polar surface area (TPSA) is 107 Å². The lowest BCUT2D eigenvalue weighted by Gasteiger charge is -2.15. The number of ether oxygens (including phenoxy) is 1. The Hall–Kier alpha value is -1.85. The molecule has 0 spiro atoms. The van der Waals surface area contributed by atoms with Gasteiger partial charge in [-0.2, -0.15) is 0 Å². The zero-order valence-electron chi connectivity index (χ0n) is 5.68. The average Bonchev–Trinajstić information content (AvgIpc) is 2.00. The van der Waals surface area contributed by atoms with Gasteiger partial charge in [0.05, 0.1) is 0 Å². The molecule has 1 aliphatic heterocycles. The zero-order valence-corrected chi connectivity index (χ0v) is 5.68. The predicted molar refractivity (Wildman–Crippen MR) is 35.0 cm³/mol. The summed E-state index contributed by atoms with van der Waals surface area (Å²) in [6, 6.07) is 0. The molecule has 1 heterocycles. The second-order valence-electron chi connectivity index (χ2n) is 1.95. The molecule has 0 fully saturated rings. The molecule has 65 valence electrons. The number of hydrogen-bond acceptors (Lipinski definition) is 5. The van der Waals surface area contributed by atoms with E-state index in [4.69, 9.17) is 20.4 Å². The molecule has 0 bridgehead atoms. The number of hydrogen-bond donors (Lipinski definition) is 4. The van der Waals surface area contributed by atoms with Gasteiger partial charge in [0.15, 0.2) is 11.5 Å². The van der Waals surface area contributed by atoms with Crippen molar-refractivity contribution >= 4 is 5.97 Å². The molecule has 0 saturated carbocycles. The van der Waals surface area contributed by atoms with Crippen molar-refractivity contribution in [2.24, 2.45) is 0 Å². The minimum absolute atomic E-state index is 0.610. The van der Waals surface area contributed by atoms with E-state index in [0.29, 0.717) is 6.26 Å². The van der Waals surface area contributed by atoms with E-state index in [9.17, 15) is 4.79 Å². The van der Waals surface area contributed by atoms with E-state index in [1.807, 2.05) is 0 Å². The maximum Gasteiger partial charge on any atom is 0.361 e. The normalized spacial score (nSPS) is 18.5. The van der Waals surface area contributed by atoms with Crippen LogP contribution >= 0.6 is 0 Å². The maximum absolute atomic E-state index is 10.2. The number of aliphatic hydroxyl groups is 3. The van der Waals surface area contributed by atoms with Crippen LogP contribution < -0.4 is 0 Å². The Morgan fingerprint density at radius 1 is 1.25 bits per heavy atom. The van der Waals surface area contributed by atoms with E-state index in [1.54, 1.807) is 0 Å². The summed E-state index contributed by atoms with van der Waals surface area (Å²) in [6.45, 7) is 0. The van der Waals surface area contributed by atoms with Gasteiger partial charge < -0.3 is 25.2 Å². The highest BCUT2D eigenvalue weighted by atomic mass is 16.5. The van der Waals surface area contributed by atoms with E-state index in [1.165, 1.54) is 0 Å². The van der Waals surface area contributed by atoms with Gasteiger partial charge in [-0.3, -0.25) is 0 Å². The number of aliphatic hydroxyl groups excluding tert-OH is 3. The van der Waals surface area contributed by atoms with E-state index >= 15 is 0 Å². The van der Waals surface area contributed by atoms with Crippen molar-refractivity contribution in [2.45, 2.75) is 0 Å². The van der Waals surface area contributed by atoms with Gasteiger partial charge in [0.2, 0.25) is 5.76 Å². The summed E-state index contributed by atoms with van der Waals surface area (Å²) in [5, 5.41) is 34.7. The van der Waals surface area contributed by atoms with E-state index < -0.39 is 29.4 Å². The van der Waals surface area contributed by atoms with Crippen molar-refractivity contribution in [3.63, 3.8) is 0 Å². The van der Waals surface area contributed by atoms with Crippen LogP contribution in [0.15, 0.2) is 23.5 Å². The lowest BCUT2D eigenvalue weighted by molar-refractivity contribution is -0.139.